The molecule has 0 aromatic heterocycles. The normalized spacial score (nSPS) is 11.9. The smallest absolute Gasteiger partial charge is 0.792 e. The molecule has 0 bridgehead atoms. The minimum absolute atomic E-state index is 0. The minimum atomic E-state index is -0.752. The van der Waals surface area contributed by atoms with E-state index in [1.807, 2.05) is 0 Å². The number of para-hydroxylation sites is 2. The van der Waals surface area contributed by atoms with Crippen LogP contribution in [0.3, 0.4) is 0 Å². The second-order valence-corrected chi connectivity index (χ2v) is 5.89. The molecule has 0 unspecified atom stereocenters. The van der Waals surface area contributed by atoms with E-state index in [9.17, 15) is 20.0 Å². The number of hydrogen-bond acceptors (Lipinski definition) is 10. The van der Waals surface area contributed by atoms with Crippen LogP contribution in [-0.4, -0.2) is 45.1 Å². The molecule has 0 aliphatic rings. The molecule has 4 N–H and O–H groups in total. The predicted molar refractivity (Wildman–Crippen MR) is 122 cm³/mol. The summed E-state index contributed by atoms with van der Waals surface area (Å²) in [6, 6.07) is 17.2. The van der Waals surface area contributed by atoms with Gasteiger partial charge >= 0.3 is 16.5 Å². The summed E-state index contributed by atoms with van der Waals surface area (Å²) >= 11 is 0. The van der Waals surface area contributed by atoms with Gasteiger partial charge in [-0.15, -0.1) is 0 Å². The van der Waals surface area contributed by atoms with E-state index in [1.54, 1.807) is 60.7 Å². The maximum atomic E-state index is 11.6. The molecule has 0 aliphatic carbocycles. The molecule has 2 aromatic rings. The molecule has 12 nitrogen and oxygen atoms in total. The average molecular weight is 499 g/mol. The zero-order valence-electron chi connectivity index (χ0n) is 17.4. The number of benzene rings is 2. The van der Waals surface area contributed by atoms with Crippen molar-refractivity contribution in [2.24, 2.45) is 20.6 Å². The van der Waals surface area contributed by atoms with Gasteiger partial charge in [0.2, 0.25) is 0 Å². The van der Waals surface area contributed by atoms with Crippen LogP contribution in [0.1, 0.15) is 13.8 Å². The van der Waals surface area contributed by atoms with Crippen molar-refractivity contribution in [2.45, 2.75) is 13.8 Å². The number of hydrogen-bond donors (Lipinski definition) is 4. The fraction of sp³-hybridized carbons (Fsp3) is 0.100. The van der Waals surface area contributed by atoms with Crippen LogP contribution >= 0.6 is 0 Å². The number of oxime groups is 2. The molecule has 0 saturated heterocycles. The summed E-state index contributed by atoms with van der Waals surface area (Å²) in [4.78, 5) is 23.0. The molecule has 0 heterocycles. The number of rotatable bonds is 6. The Morgan fingerprint density at radius 2 is 1.12 bits per heavy atom. The topological polar surface area (TPSA) is 194 Å². The molecule has 0 fully saturated rings. The van der Waals surface area contributed by atoms with Gasteiger partial charge in [0.05, 0.1) is 5.71 Å². The van der Waals surface area contributed by atoms with E-state index in [-0.39, 0.29) is 33.6 Å². The first-order valence-corrected chi connectivity index (χ1v) is 8.89. The zero-order valence-corrected chi connectivity index (χ0v) is 18.4. The van der Waals surface area contributed by atoms with Gasteiger partial charge in [0.15, 0.2) is 5.71 Å². The van der Waals surface area contributed by atoms with Gasteiger partial charge in [0.25, 0.3) is 11.8 Å². The predicted octanol–water partition coefficient (Wildman–Crippen LogP) is 2.83. The van der Waals surface area contributed by atoms with Crippen molar-refractivity contribution in [3.63, 3.8) is 0 Å². The first kappa shape index (κ1) is 28.8. The van der Waals surface area contributed by atoms with Crippen molar-refractivity contribution in [2.75, 3.05) is 10.6 Å². The molecule has 13 heteroatoms. The van der Waals surface area contributed by atoms with Gasteiger partial charge in [-0.3, -0.25) is 9.59 Å². The fourth-order valence-corrected chi connectivity index (χ4v) is 2.07. The number of nitrogens with zero attached hydrogens (tertiary/aromatic N) is 4. The van der Waals surface area contributed by atoms with Crippen LogP contribution in [0.4, 0.5) is 11.4 Å². The molecule has 0 aliphatic heterocycles. The molecule has 0 radical (unpaired) electrons. The number of anilines is 2. The second kappa shape index (κ2) is 15.5. The van der Waals surface area contributed by atoms with Crippen molar-refractivity contribution in [3.8, 4) is 0 Å². The van der Waals surface area contributed by atoms with Crippen molar-refractivity contribution in [1.82, 2.24) is 0 Å². The van der Waals surface area contributed by atoms with Crippen LogP contribution < -0.4 is 10.6 Å². The van der Waals surface area contributed by atoms with E-state index in [0.29, 0.717) is 11.4 Å². The van der Waals surface area contributed by atoms with E-state index >= 15 is 0 Å². The number of amides is 2. The van der Waals surface area contributed by atoms with Gasteiger partial charge in [-0.05, 0) is 38.1 Å². The Morgan fingerprint density at radius 3 is 1.45 bits per heavy atom. The second-order valence-electron chi connectivity index (χ2n) is 5.89. The molecule has 2 amide bonds. The van der Waals surface area contributed by atoms with Crippen LogP contribution in [0.2, 0.25) is 0 Å². The largest absolute Gasteiger partial charge is 2.00 e. The molecule has 33 heavy (non-hydrogen) atoms. The molecule has 0 spiro atoms. The Labute approximate surface area is 198 Å². The Balaban J connectivity index is 0.000000602. The van der Waals surface area contributed by atoms with Crippen molar-refractivity contribution >= 4 is 46.0 Å². The summed E-state index contributed by atoms with van der Waals surface area (Å²) in [6.07, 6.45) is 0. The van der Waals surface area contributed by atoms with Gasteiger partial charge in [0.1, 0.15) is 11.4 Å². The molecule has 0 saturated carbocycles. The monoisotopic (exact) mass is 498 g/mol. The first-order chi connectivity index (χ1) is 15.4. The molecule has 2 rings (SSSR count). The first-order valence-electron chi connectivity index (χ1n) is 8.89. The van der Waals surface area contributed by atoms with Crippen LogP contribution in [-0.2, 0) is 26.1 Å². The third-order valence-electron chi connectivity index (χ3n) is 3.66. The maximum Gasteiger partial charge on any atom is 2.00 e. The van der Waals surface area contributed by atoms with Crippen molar-refractivity contribution in [3.05, 3.63) is 71.1 Å². The number of carbonyl (C=O) groups excluding carboxylic acids is 2. The van der Waals surface area contributed by atoms with Crippen molar-refractivity contribution < 1.29 is 36.5 Å². The quantitative estimate of drug-likeness (QED) is 0.204. The Bertz CT molecular complexity index is 942. The van der Waals surface area contributed by atoms with E-state index in [4.69, 9.17) is 10.4 Å². The zero-order chi connectivity index (χ0) is 23.9. The standard InChI is InChI=1S/2C10H11N3O3.Ni/c2*1-7(12-15)9(13-16)10(14)11-8-5-3-2-4-6-8;/h2*2-6,15-16H,1H3,(H,11,14);/q;;+2/p-2/b12-7-,13-9+;12-7-,13-9-;. The van der Waals surface area contributed by atoms with Crippen LogP contribution in [0.15, 0.2) is 81.3 Å². The average Bonchev–Trinajstić information content (AvgIpc) is 2.81. The summed E-state index contributed by atoms with van der Waals surface area (Å²) in [7, 11) is 0. The van der Waals surface area contributed by atoms with E-state index in [2.05, 4.69) is 31.3 Å². The third-order valence-corrected chi connectivity index (χ3v) is 3.66. The fourth-order valence-electron chi connectivity index (χ4n) is 2.07. The van der Waals surface area contributed by atoms with Gasteiger partial charge in [0, 0.05) is 11.4 Å². The number of nitrogens with one attached hydrogen (secondary N) is 2. The summed E-state index contributed by atoms with van der Waals surface area (Å²) in [5.74, 6) is -1.40. The molecule has 176 valence electrons. The Kier molecular flexibility index (Phi) is 13.5. The molecule has 0 atom stereocenters. The number of carbonyl (C=O) groups is 2. The Morgan fingerprint density at radius 1 is 0.697 bits per heavy atom. The Hall–Kier alpha value is -4.25. The van der Waals surface area contributed by atoms with Gasteiger partial charge < -0.3 is 41.8 Å². The van der Waals surface area contributed by atoms with Gasteiger partial charge in [-0.25, -0.2) is 0 Å². The van der Waals surface area contributed by atoms with Gasteiger partial charge in [-0.1, -0.05) is 46.7 Å². The SMILES string of the molecule is CC(=N/O)/C(=N\O)C(=O)Nc1ccccc1.CC(=N/[O-])/C(=N/[O-])C(=O)Nc1ccccc1.[Ni+2]. The van der Waals surface area contributed by atoms with Crippen LogP contribution in [0.25, 0.3) is 0 Å². The summed E-state index contributed by atoms with van der Waals surface area (Å²) in [5.41, 5.74) is -0.115. The third kappa shape index (κ3) is 9.62. The molecular weight excluding hydrogens is 479 g/mol. The van der Waals surface area contributed by atoms with E-state index < -0.39 is 17.5 Å². The van der Waals surface area contributed by atoms with Crippen LogP contribution in [0, 0.1) is 10.4 Å². The van der Waals surface area contributed by atoms with Gasteiger partial charge in [-0.2, -0.15) is 0 Å². The van der Waals surface area contributed by atoms with E-state index in [0.717, 1.165) is 0 Å². The molecular formula is C20H20N6NiO6. The summed E-state index contributed by atoms with van der Waals surface area (Å²) in [5, 5.41) is 53.1. The van der Waals surface area contributed by atoms with Crippen molar-refractivity contribution in [1.29, 1.82) is 0 Å². The van der Waals surface area contributed by atoms with Crippen LogP contribution in [0.5, 0.6) is 0 Å². The van der Waals surface area contributed by atoms with E-state index in [1.165, 1.54) is 13.8 Å². The molecule has 2 aromatic carbocycles. The summed E-state index contributed by atoms with van der Waals surface area (Å²) < 4.78 is 0. The maximum absolute atomic E-state index is 11.6. The summed E-state index contributed by atoms with van der Waals surface area (Å²) in [6.45, 7) is 2.59. The minimum Gasteiger partial charge on any atom is -0.792 e.